The van der Waals surface area contributed by atoms with Crippen LogP contribution in [0.3, 0.4) is 0 Å². The lowest BCUT2D eigenvalue weighted by molar-refractivity contribution is -0.144. The van der Waals surface area contributed by atoms with E-state index in [4.69, 9.17) is 5.11 Å². The first kappa shape index (κ1) is 15.8. The minimum absolute atomic E-state index is 0.0361. The average Bonchev–Trinajstić information content (AvgIpc) is 3.00. The molecule has 0 bridgehead atoms. The lowest BCUT2D eigenvalue weighted by Gasteiger charge is -2.36. The Balaban J connectivity index is 1.93. The number of carbonyl (C=O) groups is 3. The van der Waals surface area contributed by atoms with Crippen LogP contribution in [0, 0.1) is 23.2 Å². The van der Waals surface area contributed by atoms with Crippen molar-refractivity contribution in [1.82, 2.24) is 9.80 Å². The van der Waals surface area contributed by atoms with Crippen LogP contribution in [-0.2, 0) is 14.4 Å². The van der Waals surface area contributed by atoms with Crippen LogP contribution in [0.15, 0.2) is 0 Å². The van der Waals surface area contributed by atoms with E-state index in [1.807, 2.05) is 27.7 Å². The summed E-state index contributed by atoms with van der Waals surface area (Å²) < 4.78 is 0. The zero-order valence-electron chi connectivity index (χ0n) is 13.1. The normalized spacial score (nSPS) is 27.7. The van der Waals surface area contributed by atoms with Crippen LogP contribution in [0.1, 0.15) is 27.7 Å². The van der Waals surface area contributed by atoms with Crippen LogP contribution in [0.5, 0.6) is 0 Å². The molecule has 2 rings (SSSR count). The lowest BCUT2D eigenvalue weighted by Crippen LogP contribution is -2.52. The zero-order chi connectivity index (χ0) is 15.9. The third kappa shape index (κ3) is 2.76. The van der Waals surface area contributed by atoms with Crippen molar-refractivity contribution in [2.45, 2.75) is 27.7 Å². The van der Waals surface area contributed by atoms with E-state index in [0.717, 1.165) is 0 Å². The Bertz CT molecular complexity index is 464. The van der Waals surface area contributed by atoms with Crippen molar-refractivity contribution in [1.29, 1.82) is 0 Å². The molecule has 2 unspecified atom stereocenters. The predicted octanol–water partition coefficient (Wildman–Crippen LogP) is 0.670. The number of carboxylic acids is 1. The first-order valence-electron chi connectivity index (χ1n) is 7.48. The molecule has 0 radical (unpaired) electrons. The minimum atomic E-state index is -0.896. The average molecular weight is 296 g/mol. The van der Waals surface area contributed by atoms with Gasteiger partial charge in [-0.15, -0.1) is 0 Å². The van der Waals surface area contributed by atoms with Gasteiger partial charge >= 0.3 is 5.97 Å². The van der Waals surface area contributed by atoms with Gasteiger partial charge in [-0.25, -0.2) is 0 Å². The maximum Gasteiger partial charge on any atom is 0.307 e. The monoisotopic (exact) mass is 296 g/mol. The molecule has 1 aliphatic heterocycles. The maximum absolute atomic E-state index is 12.5. The summed E-state index contributed by atoms with van der Waals surface area (Å²) in [4.78, 5) is 39.0. The van der Waals surface area contributed by atoms with Gasteiger partial charge in [-0.05, 0) is 5.41 Å². The first-order valence-corrected chi connectivity index (χ1v) is 7.48. The molecular formula is C15H24N2O4. The Kier molecular flexibility index (Phi) is 4.00. The molecule has 2 amide bonds. The summed E-state index contributed by atoms with van der Waals surface area (Å²) >= 11 is 0. The molecule has 2 fully saturated rings. The fraction of sp³-hybridized carbons (Fsp3) is 0.800. The van der Waals surface area contributed by atoms with Crippen molar-refractivity contribution in [2.24, 2.45) is 23.2 Å². The van der Waals surface area contributed by atoms with E-state index in [-0.39, 0.29) is 17.7 Å². The van der Waals surface area contributed by atoms with E-state index < -0.39 is 23.2 Å². The molecule has 118 valence electrons. The molecule has 1 aliphatic carbocycles. The number of nitrogens with zero attached hydrogens (tertiary/aromatic N) is 2. The van der Waals surface area contributed by atoms with E-state index in [0.29, 0.717) is 26.2 Å². The molecule has 0 aromatic carbocycles. The van der Waals surface area contributed by atoms with Crippen LogP contribution in [0.25, 0.3) is 0 Å². The third-order valence-electron chi connectivity index (χ3n) is 4.76. The number of rotatable bonds is 3. The van der Waals surface area contributed by atoms with Crippen molar-refractivity contribution in [3.05, 3.63) is 0 Å². The molecule has 2 atom stereocenters. The summed E-state index contributed by atoms with van der Waals surface area (Å²) in [7, 11) is 0. The Morgan fingerprint density at radius 2 is 1.48 bits per heavy atom. The molecule has 21 heavy (non-hydrogen) atoms. The van der Waals surface area contributed by atoms with E-state index >= 15 is 0 Å². The smallest absolute Gasteiger partial charge is 0.307 e. The van der Waals surface area contributed by atoms with Crippen molar-refractivity contribution < 1.29 is 19.5 Å². The lowest BCUT2D eigenvalue weighted by atomic mass is 10.1. The number of hydrogen-bond donors (Lipinski definition) is 1. The van der Waals surface area contributed by atoms with Gasteiger partial charge in [0.2, 0.25) is 11.8 Å². The third-order valence-corrected chi connectivity index (χ3v) is 4.76. The van der Waals surface area contributed by atoms with E-state index in [1.54, 1.807) is 9.80 Å². The molecule has 1 saturated carbocycles. The van der Waals surface area contributed by atoms with Gasteiger partial charge in [0.15, 0.2) is 0 Å². The molecular weight excluding hydrogens is 272 g/mol. The van der Waals surface area contributed by atoms with Crippen molar-refractivity contribution in [3.63, 3.8) is 0 Å². The first-order chi connectivity index (χ1) is 9.67. The van der Waals surface area contributed by atoms with Gasteiger partial charge in [0.1, 0.15) is 0 Å². The highest BCUT2D eigenvalue weighted by atomic mass is 16.4. The number of piperazine rings is 1. The van der Waals surface area contributed by atoms with Crippen LogP contribution in [-0.4, -0.2) is 58.9 Å². The topological polar surface area (TPSA) is 77.9 Å². The predicted molar refractivity (Wildman–Crippen MR) is 76.4 cm³/mol. The summed E-state index contributed by atoms with van der Waals surface area (Å²) in [5.74, 6) is -1.91. The Morgan fingerprint density at radius 1 is 1.00 bits per heavy atom. The van der Waals surface area contributed by atoms with Gasteiger partial charge in [0.05, 0.1) is 11.8 Å². The molecule has 0 aromatic rings. The zero-order valence-corrected chi connectivity index (χ0v) is 13.1. The quantitative estimate of drug-likeness (QED) is 0.830. The van der Waals surface area contributed by atoms with Gasteiger partial charge in [-0.1, -0.05) is 27.7 Å². The largest absolute Gasteiger partial charge is 0.481 e. The molecule has 0 spiro atoms. The standard InChI is InChI=1S/C15H24N2O4/c1-9(2)12(18)16-5-7-17(8-6-16)13(19)10-11(14(20)21)15(10,3)4/h9-11H,5-8H2,1-4H3,(H,20,21). The molecule has 0 aromatic heterocycles. The van der Waals surface area contributed by atoms with Gasteiger partial charge in [-0.3, -0.25) is 14.4 Å². The van der Waals surface area contributed by atoms with Crippen LogP contribution in [0.4, 0.5) is 0 Å². The van der Waals surface area contributed by atoms with Gasteiger partial charge in [0, 0.05) is 32.1 Å². The van der Waals surface area contributed by atoms with E-state index in [1.165, 1.54) is 0 Å². The highest BCUT2D eigenvalue weighted by Crippen LogP contribution is 2.59. The fourth-order valence-electron chi connectivity index (χ4n) is 3.27. The van der Waals surface area contributed by atoms with E-state index in [2.05, 4.69) is 0 Å². The SMILES string of the molecule is CC(C)C(=O)N1CCN(C(=O)C2C(C(=O)O)C2(C)C)CC1. The molecule has 1 heterocycles. The molecule has 6 heteroatoms. The van der Waals surface area contributed by atoms with Gasteiger partial charge < -0.3 is 14.9 Å². The number of carbonyl (C=O) groups excluding carboxylic acids is 2. The Labute approximate surface area is 125 Å². The second-order valence-corrected chi connectivity index (χ2v) is 6.92. The Hall–Kier alpha value is -1.59. The number of aliphatic carboxylic acids is 1. The molecule has 1 N–H and O–H groups in total. The Morgan fingerprint density at radius 3 is 1.86 bits per heavy atom. The van der Waals surface area contributed by atoms with Gasteiger partial charge in [0.25, 0.3) is 0 Å². The summed E-state index contributed by atoms with van der Waals surface area (Å²) in [5, 5.41) is 9.16. The van der Waals surface area contributed by atoms with E-state index in [9.17, 15) is 14.4 Å². The summed E-state index contributed by atoms with van der Waals surface area (Å²) in [6.45, 7) is 9.45. The summed E-state index contributed by atoms with van der Waals surface area (Å²) in [6, 6.07) is 0. The number of carboxylic acid groups (broad SMARTS) is 1. The fourth-order valence-corrected chi connectivity index (χ4v) is 3.27. The summed E-state index contributed by atoms with van der Waals surface area (Å²) in [5.41, 5.74) is -0.464. The maximum atomic E-state index is 12.5. The van der Waals surface area contributed by atoms with Crippen molar-refractivity contribution >= 4 is 17.8 Å². The number of hydrogen-bond acceptors (Lipinski definition) is 3. The number of amides is 2. The molecule has 1 saturated heterocycles. The highest BCUT2D eigenvalue weighted by Gasteiger charge is 2.66. The van der Waals surface area contributed by atoms with Crippen molar-refractivity contribution in [3.8, 4) is 0 Å². The van der Waals surface area contributed by atoms with Crippen molar-refractivity contribution in [2.75, 3.05) is 26.2 Å². The van der Waals surface area contributed by atoms with Crippen LogP contribution >= 0.6 is 0 Å². The molecule has 2 aliphatic rings. The molecule has 6 nitrogen and oxygen atoms in total. The second-order valence-electron chi connectivity index (χ2n) is 6.92. The second kappa shape index (κ2) is 5.31. The minimum Gasteiger partial charge on any atom is -0.481 e. The van der Waals surface area contributed by atoms with Crippen LogP contribution < -0.4 is 0 Å². The highest BCUT2D eigenvalue weighted by molar-refractivity contribution is 5.91. The van der Waals surface area contributed by atoms with Crippen LogP contribution in [0.2, 0.25) is 0 Å². The summed E-state index contributed by atoms with van der Waals surface area (Å²) in [6.07, 6.45) is 0. The van der Waals surface area contributed by atoms with Gasteiger partial charge in [-0.2, -0.15) is 0 Å².